The molecule has 2 heterocycles. The van der Waals surface area contributed by atoms with Crippen molar-refractivity contribution in [2.24, 2.45) is 5.92 Å². The summed E-state index contributed by atoms with van der Waals surface area (Å²) in [6.45, 7) is 0. The first kappa shape index (κ1) is 16.2. The molecule has 2 atom stereocenters. The van der Waals surface area contributed by atoms with Gasteiger partial charge in [-0.1, -0.05) is 0 Å². The van der Waals surface area contributed by atoms with Gasteiger partial charge in [0, 0.05) is 32.8 Å². The SMILES string of the molecule is N#Cc1cc(C(F)(F)F)ccc1C(=O)C1CC2CCC(C1)S2=O. The largest absolute Gasteiger partial charge is 0.416 e. The maximum absolute atomic E-state index is 12.7. The number of carbonyl (C=O) groups is 1. The van der Waals surface area contributed by atoms with Crippen LogP contribution in [0.5, 0.6) is 0 Å². The predicted octanol–water partition coefficient (Wildman–Crippen LogP) is 3.45. The van der Waals surface area contributed by atoms with Gasteiger partial charge in [0.15, 0.2) is 5.78 Å². The third-order valence-electron chi connectivity index (χ3n) is 4.67. The minimum absolute atomic E-state index is 0.00249. The molecule has 0 N–H and O–H groups in total. The maximum Gasteiger partial charge on any atom is 0.416 e. The minimum Gasteiger partial charge on any atom is -0.294 e. The zero-order chi connectivity index (χ0) is 16.8. The molecule has 7 heteroatoms. The van der Waals surface area contributed by atoms with Crippen LogP contribution in [0.4, 0.5) is 13.2 Å². The highest BCUT2D eigenvalue weighted by Gasteiger charge is 2.43. The summed E-state index contributed by atoms with van der Waals surface area (Å²) >= 11 is 0. The average Bonchev–Trinajstić information content (AvgIpc) is 2.74. The van der Waals surface area contributed by atoms with E-state index in [2.05, 4.69) is 0 Å². The van der Waals surface area contributed by atoms with Gasteiger partial charge >= 0.3 is 6.18 Å². The van der Waals surface area contributed by atoms with Gasteiger partial charge in [-0.2, -0.15) is 18.4 Å². The number of benzene rings is 1. The fraction of sp³-hybridized carbons (Fsp3) is 0.500. The molecule has 0 aromatic heterocycles. The number of hydrogen-bond acceptors (Lipinski definition) is 3. The van der Waals surface area contributed by atoms with Crippen LogP contribution in [0.2, 0.25) is 0 Å². The first-order valence-electron chi connectivity index (χ1n) is 7.36. The summed E-state index contributed by atoms with van der Waals surface area (Å²) in [6.07, 6.45) is -1.89. The van der Waals surface area contributed by atoms with E-state index in [1.807, 2.05) is 0 Å². The lowest BCUT2D eigenvalue weighted by Crippen LogP contribution is -2.32. The van der Waals surface area contributed by atoms with Crippen LogP contribution < -0.4 is 0 Å². The van der Waals surface area contributed by atoms with Crippen LogP contribution in [0, 0.1) is 17.2 Å². The molecule has 3 nitrogen and oxygen atoms in total. The van der Waals surface area contributed by atoms with E-state index < -0.39 is 22.5 Å². The Hall–Kier alpha value is -1.68. The first-order valence-corrected chi connectivity index (χ1v) is 8.64. The molecule has 2 unspecified atom stereocenters. The first-order chi connectivity index (χ1) is 10.8. The molecule has 2 saturated heterocycles. The van der Waals surface area contributed by atoms with Crippen LogP contribution in [0.1, 0.15) is 47.2 Å². The van der Waals surface area contributed by atoms with Gasteiger partial charge in [0.05, 0.1) is 17.2 Å². The van der Waals surface area contributed by atoms with Crippen LogP contribution in [0.3, 0.4) is 0 Å². The van der Waals surface area contributed by atoms with Crippen LogP contribution >= 0.6 is 0 Å². The molecule has 1 aromatic carbocycles. The van der Waals surface area contributed by atoms with Crippen molar-refractivity contribution in [3.63, 3.8) is 0 Å². The lowest BCUT2D eigenvalue weighted by atomic mass is 9.88. The van der Waals surface area contributed by atoms with E-state index in [0.29, 0.717) is 12.8 Å². The summed E-state index contributed by atoms with van der Waals surface area (Å²) < 4.78 is 50.1. The summed E-state index contributed by atoms with van der Waals surface area (Å²) in [7, 11) is -0.901. The summed E-state index contributed by atoms with van der Waals surface area (Å²) in [5.41, 5.74) is -1.14. The molecule has 2 fully saturated rings. The lowest BCUT2D eigenvalue weighted by Gasteiger charge is -2.26. The number of fused-ring (bicyclic) bond motifs is 2. The highest BCUT2D eigenvalue weighted by molar-refractivity contribution is 7.86. The van der Waals surface area contributed by atoms with Crippen molar-refractivity contribution in [2.45, 2.75) is 42.4 Å². The van der Waals surface area contributed by atoms with E-state index in [0.717, 1.165) is 31.0 Å². The number of alkyl halides is 3. The third-order valence-corrected chi connectivity index (χ3v) is 6.84. The van der Waals surface area contributed by atoms with Gasteiger partial charge < -0.3 is 0 Å². The van der Waals surface area contributed by atoms with Gasteiger partial charge in [-0.05, 0) is 43.9 Å². The van der Waals surface area contributed by atoms with Crippen LogP contribution in [0.25, 0.3) is 0 Å². The van der Waals surface area contributed by atoms with Crippen LogP contribution in [-0.4, -0.2) is 20.5 Å². The number of hydrogen-bond donors (Lipinski definition) is 0. The van der Waals surface area contributed by atoms with Gasteiger partial charge in [-0.3, -0.25) is 9.00 Å². The molecule has 0 amide bonds. The molecule has 0 radical (unpaired) electrons. The van der Waals surface area contributed by atoms with E-state index in [1.165, 1.54) is 0 Å². The molecule has 2 bridgehead atoms. The normalized spacial score (nSPS) is 30.0. The molecule has 0 saturated carbocycles. The minimum atomic E-state index is -4.55. The molecule has 122 valence electrons. The smallest absolute Gasteiger partial charge is 0.294 e. The molecule has 23 heavy (non-hydrogen) atoms. The monoisotopic (exact) mass is 341 g/mol. The zero-order valence-corrected chi connectivity index (χ0v) is 12.9. The number of rotatable bonds is 2. The predicted molar refractivity (Wildman–Crippen MR) is 78.2 cm³/mol. The summed E-state index contributed by atoms with van der Waals surface area (Å²) in [5, 5.41) is 9.10. The lowest BCUT2D eigenvalue weighted by molar-refractivity contribution is -0.137. The van der Waals surface area contributed by atoms with Crippen molar-refractivity contribution in [1.29, 1.82) is 5.26 Å². The van der Waals surface area contributed by atoms with E-state index in [1.54, 1.807) is 6.07 Å². The molecular weight excluding hydrogens is 327 g/mol. The van der Waals surface area contributed by atoms with E-state index >= 15 is 0 Å². The Kier molecular flexibility index (Phi) is 4.05. The number of carbonyl (C=O) groups excluding carboxylic acids is 1. The zero-order valence-electron chi connectivity index (χ0n) is 12.1. The van der Waals surface area contributed by atoms with Crippen molar-refractivity contribution in [1.82, 2.24) is 0 Å². The summed E-state index contributed by atoms with van der Waals surface area (Å²) in [4.78, 5) is 12.6. The summed E-state index contributed by atoms with van der Waals surface area (Å²) in [5.74, 6) is -0.655. The molecule has 1 aromatic rings. The van der Waals surface area contributed by atoms with E-state index in [4.69, 9.17) is 5.26 Å². The second kappa shape index (κ2) is 5.75. The van der Waals surface area contributed by atoms with Gasteiger partial charge in [0.25, 0.3) is 0 Å². The quantitative estimate of drug-likeness (QED) is 0.774. The Morgan fingerprint density at radius 3 is 2.35 bits per heavy atom. The van der Waals surface area contributed by atoms with Crippen molar-refractivity contribution in [3.8, 4) is 6.07 Å². The number of Topliss-reactive ketones (excluding diaryl/α,β-unsaturated/α-hetero) is 1. The Morgan fingerprint density at radius 1 is 1.22 bits per heavy atom. The fourth-order valence-corrected chi connectivity index (χ4v) is 5.62. The van der Waals surface area contributed by atoms with Crippen molar-refractivity contribution in [2.75, 3.05) is 0 Å². The average molecular weight is 341 g/mol. The van der Waals surface area contributed by atoms with Crippen LogP contribution in [-0.2, 0) is 17.0 Å². The Morgan fingerprint density at radius 2 is 1.83 bits per heavy atom. The molecule has 0 spiro atoms. The Balaban J connectivity index is 1.89. The van der Waals surface area contributed by atoms with Gasteiger partial charge in [-0.25, -0.2) is 0 Å². The Labute approximate surface area is 133 Å². The molecule has 3 rings (SSSR count). The number of nitriles is 1. The highest BCUT2D eigenvalue weighted by Crippen LogP contribution is 2.40. The number of nitrogens with zero attached hydrogens (tertiary/aromatic N) is 1. The highest BCUT2D eigenvalue weighted by atomic mass is 32.2. The number of halogens is 3. The van der Waals surface area contributed by atoms with Gasteiger partial charge in [0.2, 0.25) is 0 Å². The second-order valence-electron chi connectivity index (χ2n) is 6.05. The molecular formula is C16H14F3NO2S. The molecule has 0 aliphatic carbocycles. The van der Waals surface area contributed by atoms with Crippen molar-refractivity contribution in [3.05, 3.63) is 34.9 Å². The molecule has 2 aliphatic heterocycles. The van der Waals surface area contributed by atoms with Gasteiger partial charge in [0.1, 0.15) is 0 Å². The van der Waals surface area contributed by atoms with Crippen LogP contribution in [0.15, 0.2) is 18.2 Å². The Bertz CT molecular complexity index is 707. The second-order valence-corrected chi connectivity index (χ2v) is 8.04. The topological polar surface area (TPSA) is 57.9 Å². The fourth-order valence-electron chi connectivity index (χ4n) is 3.49. The summed E-state index contributed by atoms with van der Waals surface area (Å²) in [6, 6.07) is 4.35. The van der Waals surface area contributed by atoms with Crippen molar-refractivity contribution < 1.29 is 22.2 Å². The third kappa shape index (κ3) is 2.92. The van der Waals surface area contributed by atoms with Gasteiger partial charge in [-0.15, -0.1) is 0 Å². The van der Waals surface area contributed by atoms with E-state index in [-0.39, 0.29) is 33.3 Å². The standard InChI is InChI=1S/C16H14F3NO2S/c17-16(18,19)11-1-4-14(10(5-11)8-20)15(21)9-6-12-2-3-13(7-9)23(12)22/h1,4-5,9,12-13H,2-3,6-7H2. The van der Waals surface area contributed by atoms with E-state index in [9.17, 15) is 22.2 Å². The maximum atomic E-state index is 12.7. The molecule has 2 aliphatic rings. The number of ketones is 1. The van der Waals surface area contributed by atoms with Crippen molar-refractivity contribution >= 4 is 16.6 Å².